The third-order valence-electron chi connectivity index (χ3n) is 2.34. The lowest BCUT2D eigenvalue weighted by molar-refractivity contribution is -0.125. The van der Waals surface area contributed by atoms with Crippen molar-refractivity contribution in [1.82, 2.24) is 9.97 Å². The molecule has 1 rings (SSSR count). The van der Waals surface area contributed by atoms with Gasteiger partial charge in [0.1, 0.15) is 23.6 Å². The van der Waals surface area contributed by atoms with E-state index in [1.165, 1.54) is 0 Å². The molecule has 1 unspecified atom stereocenters. The van der Waals surface area contributed by atoms with E-state index in [1.807, 2.05) is 6.92 Å². The van der Waals surface area contributed by atoms with Crippen LogP contribution in [0.5, 0.6) is 0 Å². The molecule has 0 aliphatic rings. The van der Waals surface area contributed by atoms with Crippen LogP contribution in [-0.2, 0) is 11.2 Å². The first-order valence-corrected chi connectivity index (χ1v) is 5.30. The van der Waals surface area contributed by atoms with Crippen molar-refractivity contribution < 1.29 is 9.90 Å². The van der Waals surface area contributed by atoms with E-state index in [2.05, 4.69) is 15.3 Å². The normalized spacial score (nSPS) is 12.2. The number of nitrogens with two attached hydrogens (primary N) is 2. The highest BCUT2D eigenvalue weighted by Crippen LogP contribution is 2.17. The number of aliphatic hydroxyl groups excluding tert-OH is 1. The molecule has 0 spiro atoms. The highest BCUT2D eigenvalue weighted by atomic mass is 16.3. The molecule has 7 nitrogen and oxygen atoms in total. The number of aliphatic hydroxyl groups is 1. The fraction of sp³-hybridized carbons (Fsp3) is 0.500. The molecule has 17 heavy (non-hydrogen) atoms. The van der Waals surface area contributed by atoms with Crippen LogP contribution >= 0.6 is 0 Å². The minimum absolute atomic E-state index is 0.00419. The minimum atomic E-state index is -1.25. The van der Waals surface area contributed by atoms with Gasteiger partial charge in [0.25, 0.3) is 0 Å². The average Bonchev–Trinajstić information content (AvgIpc) is 2.30. The van der Waals surface area contributed by atoms with E-state index in [0.29, 0.717) is 29.4 Å². The Bertz CT molecular complexity index is 421. The van der Waals surface area contributed by atoms with Gasteiger partial charge < -0.3 is 21.9 Å². The fourth-order valence-electron chi connectivity index (χ4n) is 1.21. The van der Waals surface area contributed by atoms with Crippen LogP contribution in [0.3, 0.4) is 0 Å². The van der Waals surface area contributed by atoms with Crippen molar-refractivity contribution in [1.29, 1.82) is 0 Å². The number of amides is 1. The van der Waals surface area contributed by atoms with Crippen LogP contribution < -0.4 is 16.8 Å². The molecule has 6 N–H and O–H groups in total. The molecule has 1 atom stereocenters. The summed E-state index contributed by atoms with van der Waals surface area (Å²) in [6, 6.07) is 0. The van der Waals surface area contributed by atoms with Gasteiger partial charge in [0.2, 0.25) is 5.91 Å². The molecule has 94 valence electrons. The fourth-order valence-corrected chi connectivity index (χ4v) is 1.21. The lowest BCUT2D eigenvalue weighted by Gasteiger charge is -2.13. The predicted octanol–water partition coefficient (Wildman–Crippen LogP) is -0.812. The third-order valence-corrected chi connectivity index (χ3v) is 2.34. The highest BCUT2D eigenvalue weighted by Gasteiger charge is 2.13. The van der Waals surface area contributed by atoms with Crippen LogP contribution in [0.1, 0.15) is 18.3 Å². The minimum Gasteiger partial charge on any atom is -0.383 e. The van der Waals surface area contributed by atoms with Gasteiger partial charge in [-0.05, 0) is 6.92 Å². The van der Waals surface area contributed by atoms with Gasteiger partial charge >= 0.3 is 0 Å². The van der Waals surface area contributed by atoms with E-state index in [1.54, 1.807) is 6.92 Å². The molecule has 1 heterocycles. The van der Waals surface area contributed by atoms with E-state index in [4.69, 9.17) is 11.5 Å². The number of rotatable bonds is 5. The summed E-state index contributed by atoms with van der Waals surface area (Å²) in [5.74, 6) is 0.708. The van der Waals surface area contributed by atoms with Crippen molar-refractivity contribution in [3.8, 4) is 0 Å². The van der Waals surface area contributed by atoms with Gasteiger partial charge in [-0.2, -0.15) is 0 Å². The SMILES string of the molecule is CCc1nc(N)c(C)c(NCC(O)C(N)=O)n1. The topological polar surface area (TPSA) is 127 Å². The molecule has 0 saturated carbocycles. The summed E-state index contributed by atoms with van der Waals surface area (Å²) in [7, 11) is 0. The van der Waals surface area contributed by atoms with E-state index >= 15 is 0 Å². The second kappa shape index (κ2) is 5.44. The van der Waals surface area contributed by atoms with E-state index < -0.39 is 12.0 Å². The van der Waals surface area contributed by atoms with Crippen LogP contribution in [0.2, 0.25) is 0 Å². The van der Waals surface area contributed by atoms with E-state index in [0.717, 1.165) is 0 Å². The number of nitrogen functional groups attached to an aromatic ring is 1. The van der Waals surface area contributed by atoms with Crippen molar-refractivity contribution in [3.63, 3.8) is 0 Å². The van der Waals surface area contributed by atoms with Crippen molar-refractivity contribution >= 4 is 17.5 Å². The van der Waals surface area contributed by atoms with Gasteiger partial charge in [0.05, 0.1) is 6.54 Å². The van der Waals surface area contributed by atoms with Crippen LogP contribution in [0.4, 0.5) is 11.6 Å². The number of hydrogen-bond donors (Lipinski definition) is 4. The van der Waals surface area contributed by atoms with Gasteiger partial charge in [-0.25, -0.2) is 9.97 Å². The second-order valence-electron chi connectivity index (χ2n) is 3.65. The summed E-state index contributed by atoms with van der Waals surface area (Å²) in [6.07, 6.45) is -0.604. The van der Waals surface area contributed by atoms with Gasteiger partial charge in [0.15, 0.2) is 0 Å². The summed E-state index contributed by atoms with van der Waals surface area (Å²) in [4.78, 5) is 19.0. The number of anilines is 2. The zero-order chi connectivity index (χ0) is 13.0. The van der Waals surface area contributed by atoms with Crippen molar-refractivity contribution in [2.75, 3.05) is 17.6 Å². The molecule has 1 amide bonds. The zero-order valence-electron chi connectivity index (χ0n) is 9.90. The molecule has 0 aliphatic heterocycles. The average molecular weight is 239 g/mol. The molecule has 1 aromatic heterocycles. The predicted molar refractivity (Wildman–Crippen MR) is 64.3 cm³/mol. The summed E-state index contributed by atoms with van der Waals surface area (Å²) >= 11 is 0. The number of carbonyl (C=O) groups excluding carboxylic acids is 1. The van der Waals surface area contributed by atoms with Gasteiger partial charge in [-0.1, -0.05) is 6.92 Å². The number of aryl methyl sites for hydroxylation is 1. The van der Waals surface area contributed by atoms with Crippen LogP contribution in [0, 0.1) is 6.92 Å². The first-order valence-electron chi connectivity index (χ1n) is 5.30. The van der Waals surface area contributed by atoms with E-state index in [9.17, 15) is 9.90 Å². The van der Waals surface area contributed by atoms with Gasteiger partial charge in [-0.15, -0.1) is 0 Å². The largest absolute Gasteiger partial charge is 0.383 e. The second-order valence-corrected chi connectivity index (χ2v) is 3.65. The lowest BCUT2D eigenvalue weighted by Crippen LogP contribution is -2.34. The highest BCUT2D eigenvalue weighted by molar-refractivity contribution is 5.79. The summed E-state index contributed by atoms with van der Waals surface area (Å²) in [5.41, 5.74) is 11.3. The Hall–Kier alpha value is -1.89. The summed E-state index contributed by atoms with van der Waals surface area (Å²) in [6.45, 7) is 3.66. The maximum atomic E-state index is 10.7. The monoisotopic (exact) mass is 239 g/mol. The number of primary amides is 1. The first-order chi connectivity index (χ1) is 7.95. The smallest absolute Gasteiger partial charge is 0.248 e. The number of hydrogen-bond acceptors (Lipinski definition) is 6. The molecular weight excluding hydrogens is 222 g/mol. The quantitative estimate of drug-likeness (QED) is 0.532. The Kier molecular flexibility index (Phi) is 4.22. The van der Waals surface area contributed by atoms with Crippen LogP contribution in [-0.4, -0.2) is 33.6 Å². The summed E-state index contributed by atoms with van der Waals surface area (Å²) < 4.78 is 0. The first kappa shape index (κ1) is 13.2. The van der Waals surface area contributed by atoms with Gasteiger partial charge in [-0.3, -0.25) is 4.79 Å². The molecule has 1 aromatic rings. The number of nitrogens with zero attached hydrogens (tertiary/aromatic N) is 2. The molecule has 0 fully saturated rings. The third kappa shape index (κ3) is 3.28. The Balaban J connectivity index is 2.83. The Labute approximate surface area is 99.2 Å². The molecule has 0 bridgehead atoms. The maximum absolute atomic E-state index is 10.7. The van der Waals surface area contributed by atoms with Crippen LogP contribution in [0.15, 0.2) is 0 Å². The zero-order valence-corrected chi connectivity index (χ0v) is 9.90. The summed E-state index contributed by atoms with van der Waals surface area (Å²) in [5, 5.41) is 12.1. The Morgan fingerprint density at radius 1 is 1.53 bits per heavy atom. The Morgan fingerprint density at radius 2 is 2.18 bits per heavy atom. The molecule has 0 aromatic carbocycles. The standard InChI is InChI=1S/C10H17N5O2/c1-3-7-14-8(11)5(2)10(15-7)13-4-6(16)9(12)17/h6,16H,3-4H2,1-2H3,(H2,12,17)(H3,11,13,14,15). The molecule has 7 heteroatoms. The van der Waals surface area contributed by atoms with Crippen LogP contribution in [0.25, 0.3) is 0 Å². The molecule has 0 aliphatic carbocycles. The lowest BCUT2D eigenvalue weighted by atomic mass is 10.2. The van der Waals surface area contributed by atoms with E-state index in [-0.39, 0.29) is 6.54 Å². The number of nitrogens with one attached hydrogen (secondary N) is 1. The maximum Gasteiger partial charge on any atom is 0.248 e. The Morgan fingerprint density at radius 3 is 2.71 bits per heavy atom. The molecule has 0 radical (unpaired) electrons. The molecule has 0 saturated heterocycles. The van der Waals surface area contributed by atoms with Crippen molar-refractivity contribution in [2.45, 2.75) is 26.4 Å². The van der Waals surface area contributed by atoms with Crippen molar-refractivity contribution in [3.05, 3.63) is 11.4 Å². The number of carbonyl (C=O) groups is 1. The number of aromatic nitrogens is 2. The van der Waals surface area contributed by atoms with Crippen molar-refractivity contribution in [2.24, 2.45) is 5.73 Å². The molecular formula is C10H17N5O2. The van der Waals surface area contributed by atoms with Gasteiger partial charge in [0, 0.05) is 12.0 Å².